The Balaban J connectivity index is 2.64. The summed E-state index contributed by atoms with van der Waals surface area (Å²) < 4.78 is 45.8. The minimum absolute atomic E-state index is 0.0357. The van der Waals surface area contributed by atoms with Gasteiger partial charge in [-0.25, -0.2) is 12.8 Å². The minimum atomic E-state index is -3.93. The van der Waals surface area contributed by atoms with Crippen molar-refractivity contribution in [2.24, 2.45) is 0 Å². The summed E-state index contributed by atoms with van der Waals surface area (Å²) in [7, 11) is 1.16. The van der Waals surface area contributed by atoms with Crippen LogP contribution in [0.15, 0.2) is 23.1 Å². The van der Waals surface area contributed by atoms with Gasteiger partial charge in [0.15, 0.2) is 11.6 Å². The Kier molecular flexibility index (Phi) is 5.37. The van der Waals surface area contributed by atoms with Crippen LogP contribution < -0.4 is 4.74 Å². The average Bonchev–Trinajstić information content (AvgIpc) is 2.24. The summed E-state index contributed by atoms with van der Waals surface area (Å²) in [4.78, 5) is -0.299. The molecule has 18 heavy (non-hydrogen) atoms. The summed E-state index contributed by atoms with van der Waals surface area (Å²) in [5.74, 6) is -0.812. The molecule has 0 N–H and O–H groups in total. The molecule has 0 saturated carbocycles. The Morgan fingerprint density at radius 2 is 2.00 bits per heavy atom. The minimum Gasteiger partial charge on any atom is -0.488 e. The van der Waals surface area contributed by atoms with Crippen molar-refractivity contribution in [3.05, 3.63) is 24.0 Å². The molecule has 0 aliphatic heterocycles. The van der Waals surface area contributed by atoms with Crippen molar-refractivity contribution >= 4 is 19.7 Å². The van der Waals surface area contributed by atoms with Gasteiger partial charge in [-0.15, -0.1) is 0 Å². The average molecular weight is 297 g/mol. The highest BCUT2D eigenvalue weighted by molar-refractivity contribution is 8.13. The Bertz CT molecular complexity index is 502. The number of rotatable bonds is 6. The first-order valence-electron chi connectivity index (χ1n) is 5.29. The molecule has 0 fully saturated rings. The second-order valence-corrected chi connectivity index (χ2v) is 6.36. The number of benzene rings is 1. The lowest BCUT2D eigenvalue weighted by Crippen LogP contribution is -2.11. The summed E-state index contributed by atoms with van der Waals surface area (Å²) in [6, 6.07) is 3.23. The van der Waals surface area contributed by atoms with Gasteiger partial charge in [0.2, 0.25) is 0 Å². The molecule has 1 aromatic carbocycles. The standard InChI is InChI=1S/C11H14ClFO4S/c1-8(2)16-5-6-17-11-4-3-9(7-10(11)13)18(12,14)15/h3-4,7-8H,5-6H2,1-2H3. The first-order chi connectivity index (χ1) is 8.30. The molecule has 102 valence electrons. The summed E-state index contributed by atoms with van der Waals surface area (Å²) in [5, 5.41) is 0. The van der Waals surface area contributed by atoms with E-state index >= 15 is 0 Å². The van der Waals surface area contributed by atoms with Gasteiger partial charge in [0, 0.05) is 10.7 Å². The normalized spacial score (nSPS) is 11.8. The van der Waals surface area contributed by atoms with E-state index in [1.165, 1.54) is 12.1 Å². The van der Waals surface area contributed by atoms with Crippen molar-refractivity contribution in [1.82, 2.24) is 0 Å². The SMILES string of the molecule is CC(C)OCCOc1ccc(S(=O)(=O)Cl)cc1F. The third-order valence-corrected chi connectivity index (χ3v) is 3.33. The van der Waals surface area contributed by atoms with E-state index < -0.39 is 14.9 Å². The fraction of sp³-hybridized carbons (Fsp3) is 0.455. The quantitative estimate of drug-likeness (QED) is 0.598. The van der Waals surface area contributed by atoms with Crippen molar-refractivity contribution in [3.8, 4) is 5.75 Å². The second-order valence-electron chi connectivity index (χ2n) is 3.80. The number of hydrogen-bond acceptors (Lipinski definition) is 4. The van der Waals surface area contributed by atoms with Gasteiger partial charge in [-0.1, -0.05) is 0 Å². The molecule has 0 atom stereocenters. The Morgan fingerprint density at radius 1 is 1.33 bits per heavy atom. The molecule has 0 aliphatic carbocycles. The monoisotopic (exact) mass is 296 g/mol. The largest absolute Gasteiger partial charge is 0.488 e. The van der Waals surface area contributed by atoms with Crippen molar-refractivity contribution in [2.45, 2.75) is 24.8 Å². The van der Waals surface area contributed by atoms with Gasteiger partial charge in [0.25, 0.3) is 9.05 Å². The molecule has 0 radical (unpaired) electrons. The molecule has 7 heteroatoms. The van der Waals surface area contributed by atoms with Crippen LogP contribution in [0.4, 0.5) is 4.39 Å². The molecular formula is C11H14ClFO4S. The lowest BCUT2D eigenvalue weighted by molar-refractivity contribution is 0.0544. The summed E-state index contributed by atoms with van der Waals surface area (Å²) in [5.41, 5.74) is 0. The molecule has 0 amide bonds. The van der Waals surface area contributed by atoms with Gasteiger partial charge < -0.3 is 9.47 Å². The van der Waals surface area contributed by atoms with E-state index in [1.807, 2.05) is 13.8 Å². The van der Waals surface area contributed by atoms with Crippen LogP contribution in [-0.2, 0) is 13.8 Å². The summed E-state index contributed by atoms with van der Waals surface area (Å²) >= 11 is 0. The van der Waals surface area contributed by atoms with Crippen LogP contribution in [0.3, 0.4) is 0 Å². The zero-order chi connectivity index (χ0) is 13.8. The molecule has 4 nitrogen and oxygen atoms in total. The third-order valence-electron chi connectivity index (χ3n) is 1.98. The van der Waals surface area contributed by atoms with E-state index in [9.17, 15) is 12.8 Å². The highest BCUT2D eigenvalue weighted by Gasteiger charge is 2.13. The van der Waals surface area contributed by atoms with Crippen LogP contribution in [0, 0.1) is 5.82 Å². The topological polar surface area (TPSA) is 52.6 Å². The van der Waals surface area contributed by atoms with E-state index in [0.717, 1.165) is 6.07 Å². The predicted octanol–water partition coefficient (Wildman–Crippen LogP) is 2.56. The number of hydrogen-bond donors (Lipinski definition) is 0. The third kappa shape index (κ3) is 4.80. The maximum absolute atomic E-state index is 13.5. The molecule has 0 aliphatic rings. The fourth-order valence-corrected chi connectivity index (χ4v) is 1.95. The van der Waals surface area contributed by atoms with E-state index in [2.05, 4.69) is 0 Å². The van der Waals surface area contributed by atoms with E-state index in [-0.39, 0.29) is 23.4 Å². The second kappa shape index (κ2) is 6.36. The van der Waals surface area contributed by atoms with Gasteiger partial charge in [0.1, 0.15) is 6.61 Å². The number of halogens is 2. The fourth-order valence-electron chi connectivity index (χ4n) is 1.19. The van der Waals surface area contributed by atoms with Crippen LogP contribution >= 0.6 is 10.7 Å². The maximum atomic E-state index is 13.5. The zero-order valence-corrected chi connectivity index (χ0v) is 11.6. The first-order valence-corrected chi connectivity index (χ1v) is 7.60. The molecule has 0 aromatic heterocycles. The highest BCUT2D eigenvalue weighted by atomic mass is 35.7. The van der Waals surface area contributed by atoms with E-state index in [1.54, 1.807) is 0 Å². The maximum Gasteiger partial charge on any atom is 0.261 e. The van der Waals surface area contributed by atoms with E-state index in [4.69, 9.17) is 20.2 Å². The first kappa shape index (κ1) is 15.2. The van der Waals surface area contributed by atoms with Crippen LogP contribution in [0.1, 0.15) is 13.8 Å². The number of ether oxygens (including phenoxy) is 2. The lowest BCUT2D eigenvalue weighted by atomic mass is 10.3. The van der Waals surface area contributed by atoms with E-state index in [0.29, 0.717) is 6.61 Å². The van der Waals surface area contributed by atoms with Crippen molar-refractivity contribution < 1.29 is 22.3 Å². The highest BCUT2D eigenvalue weighted by Crippen LogP contribution is 2.23. The summed E-state index contributed by atoms with van der Waals surface area (Å²) in [6.45, 7) is 4.26. The van der Waals surface area contributed by atoms with Crippen LogP contribution in [0.2, 0.25) is 0 Å². The van der Waals surface area contributed by atoms with Gasteiger partial charge in [-0.05, 0) is 32.0 Å². The molecule has 0 saturated heterocycles. The van der Waals surface area contributed by atoms with Crippen LogP contribution in [0.25, 0.3) is 0 Å². The lowest BCUT2D eigenvalue weighted by Gasteiger charge is -2.10. The predicted molar refractivity (Wildman–Crippen MR) is 66.0 cm³/mol. The molecule has 1 aromatic rings. The van der Waals surface area contributed by atoms with Crippen LogP contribution in [0.5, 0.6) is 5.75 Å². The Morgan fingerprint density at radius 3 is 2.50 bits per heavy atom. The van der Waals surface area contributed by atoms with Crippen molar-refractivity contribution in [3.63, 3.8) is 0 Å². The molecule has 0 spiro atoms. The zero-order valence-electron chi connectivity index (χ0n) is 10.0. The van der Waals surface area contributed by atoms with Crippen molar-refractivity contribution in [1.29, 1.82) is 0 Å². The summed E-state index contributed by atoms with van der Waals surface area (Å²) in [6.07, 6.45) is 0.0715. The Labute approximate surface area is 110 Å². The molecule has 0 heterocycles. The molecule has 0 bridgehead atoms. The Hall–Kier alpha value is -0.850. The van der Waals surface area contributed by atoms with Gasteiger partial charge in [-0.2, -0.15) is 0 Å². The van der Waals surface area contributed by atoms with Gasteiger partial charge >= 0.3 is 0 Å². The smallest absolute Gasteiger partial charge is 0.261 e. The van der Waals surface area contributed by atoms with Gasteiger partial charge in [0.05, 0.1) is 17.6 Å². The molecule has 1 rings (SSSR count). The van der Waals surface area contributed by atoms with Crippen molar-refractivity contribution in [2.75, 3.05) is 13.2 Å². The van der Waals surface area contributed by atoms with Gasteiger partial charge in [-0.3, -0.25) is 0 Å². The molecular weight excluding hydrogens is 283 g/mol. The molecule has 0 unspecified atom stereocenters. The van der Waals surface area contributed by atoms with Crippen LogP contribution in [-0.4, -0.2) is 27.7 Å².